The molecule has 0 aromatic heterocycles. The lowest BCUT2D eigenvalue weighted by molar-refractivity contribution is 0.0829. The first-order valence-corrected chi connectivity index (χ1v) is 9.07. The fraction of sp³-hybridized carbons (Fsp3) is 0.625. The summed E-state index contributed by atoms with van der Waals surface area (Å²) in [5.74, 6) is 0.725. The van der Waals surface area contributed by atoms with Gasteiger partial charge in [-0.3, -0.25) is 14.0 Å². The van der Waals surface area contributed by atoms with E-state index in [9.17, 15) is 4.21 Å². The van der Waals surface area contributed by atoms with Crippen LogP contribution in [0.5, 0.6) is 0 Å². The van der Waals surface area contributed by atoms with Gasteiger partial charge in [0.15, 0.2) is 0 Å². The van der Waals surface area contributed by atoms with Crippen molar-refractivity contribution in [1.82, 2.24) is 9.80 Å². The summed E-state index contributed by atoms with van der Waals surface area (Å²) in [6.07, 6.45) is 0. The number of nitrogens with zero attached hydrogens (tertiary/aromatic N) is 2. The Labute approximate surface area is 130 Å². The van der Waals surface area contributed by atoms with E-state index in [-0.39, 0.29) is 0 Å². The summed E-state index contributed by atoms with van der Waals surface area (Å²) < 4.78 is 17.6. The van der Waals surface area contributed by atoms with Crippen molar-refractivity contribution in [2.24, 2.45) is 0 Å². The number of piperazine rings is 1. The first kappa shape index (κ1) is 16.6. The van der Waals surface area contributed by atoms with Gasteiger partial charge in [0.1, 0.15) is 0 Å². The Hall–Kier alpha value is -0.750. The van der Waals surface area contributed by atoms with Crippen LogP contribution in [0.3, 0.4) is 0 Å². The monoisotopic (exact) mass is 310 g/mol. The van der Waals surface area contributed by atoms with Crippen molar-refractivity contribution < 1.29 is 8.95 Å². The zero-order valence-corrected chi connectivity index (χ0v) is 13.7. The Morgan fingerprint density at radius 3 is 2.29 bits per heavy atom. The van der Waals surface area contributed by atoms with Crippen molar-refractivity contribution in [3.63, 3.8) is 0 Å². The largest absolute Gasteiger partial charge is 0.380 e. The van der Waals surface area contributed by atoms with Crippen molar-refractivity contribution in [3.05, 3.63) is 30.3 Å². The van der Waals surface area contributed by atoms with Crippen LogP contribution < -0.4 is 0 Å². The van der Waals surface area contributed by atoms with E-state index < -0.39 is 10.8 Å². The number of benzene rings is 1. The summed E-state index contributed by atoms with van der Waals surface area (Å²) in [5, 5.41) is 0. The Bertz CT molecular complexity index is 420. The molecule has 1 saturated heterocycles. The molecule has 1 aromatic rings. The average Bonchev–Trinajstić information content (AvgIpc) is 2.55. The van der Waals surface area contributed by atoms with E-state index >= 15 is 0 Å². The van der Waals surface area contributed by atoms with Crippen LogP contribution in [-0.4, -0.2) is 72.2 Å². The SMILES string of the molecule is CCOCCN1CCN(CC[S@@](=O)c2ccccc2)CC1. The summed E-state index contributed by atoms with van der Waals surface area (Å²) in [6.45, 7) is 9.91. The van der Waals surface area contributed by atoms with Gasteiger partial charge in [-0.15, -0.1) is 0 Å². The molecule has 1 heterocycles. The minimum Gasteiger partial charge on any atom is -0.380 e. The van der Waals surface area contributed by atoms with Crippen molar-refractivity contribution >= 4 is 10.8 Å². The summed E-state index contributed by atoms with van der Waals surface area (Å²) >= 11 is 0. The molecule has 0 saturated carbocycles. The lowest BCUT2D eigenvalue weighted by atomic mass is 10.3. The fourth-order valence-electron chi connectivity index (χ4n) is 2.48. The van der Waals surface area contributed by atoms with Crippen LogP contribution in [0.25, 0.3) is 0 Å². The first-order chi connectivity index (χ1) is 10.3. The second-order valence-corrected chi connectivity index (χ2v) is 6.81. The smallest absolute Gasteiger partial charge is 0.0593 e. The van der Waals surface area contributed by atoms with E-state index in [2.05, 4.69) is 9.80 Å². The molecule has 5 heteroatoms. The molecule has 0 amide bonds. The quantitative estimate of drug-likeness (QED) is 0.681. The molecule has 1 fully saturated rings. The van der Waals surface area contributed by atoms with Gasteiger partial charge in [0.2, 0.25) is 0 Å². The molecule has 1 aromatic carbocycles. The molecule has 21 heavy (non-hydrogen) atoms. The highest BCUT2D eigenvalue weighted by atomic mass is 32.2. The highest BCUT2D eigenvalue weighted by Gasteiger charge is 2.17. The highest BCUT2D eigenvalue weighted by Crippen LogP contribution is 2.07. The summed E-state index contributed by atoms with van der Waals surface area (Å²) in [7, 11) is -0.875. The third-order valence-electron chi connectivity index (χ3n) is 3.82. The number of hydrogen-bond donors (Lipinski definition) is 0. The number of rotatable bonds is 8. The number of hydrogen-bond acceptors (Lipinski definition) is 4. The van der Waals surface area contributed by atoms with Crippen LogP contribution in [0.4, 0.5) is 0 Å². The van der Waals surface area contributed by atoms with E-state index in [1.807, 2.05) is 37.3 Å². The van der Waals surface area contributed by atoms with Crippen LogP contribution in [0, 0.1) is 0 Å². The van der Waals surface area contributed by atoms with Crippen molar-refractivity contribution in [3.8, 4) is 0 Å². The number of ether oxygens (including phenoxy) is 1. The molecule has 4 nitrogen and oxygen atoms in total. The Morgan fingerprint density at radius 1 is 1.05 bits per heavy atom. The normalized spacial score (nSPS) is 18.7. The van der Waals surface area contributed by atoms with Crippen LogP contribution in [0.15, 0.2) is 35.2 Å². The molecule has 0 unspecified atom stereocenters. The Kier molecular flexibility index (Phi) is 7.36. The van der Waals surface area contributed by atoms with Gasteiger partial charge in [-0.25, -0.2) is 0 Å². The molecular formula is C16H26N2O2S. The maximum absolute atomic E-state index is 12.2. The first-order valence-electron chi connectivity index (χ1n) is 7.75. The maximum atomic E-state index is 12.2. The molecule has 1 aliphatic heterocycles. The summed E-state index contributed by atoms with van der Waals surface area (Å²) in [6, 6.07) is 9.75. The Morgan fingerprint density at radius 2 is 1.67 bits per heavy atom. The Balaban J connectivity index is 1.64. The summed E-state index contributed by atoms with van der Waals surface area (Å²) in [5.41, 5.74) is 0. The van der Waals surface area contributed by atoms with Crippen molar-refractivity contribution in [2.75, 3.05) is 58.2 Å². The van der Waals surface area contributed by atoms with Crippen LogP contribution >= 0.6 is 0 Å². The minimum absolute atomic E-state index is 0.725. The van der Waals surface area contributed by atoms with Gasteiger partial charge < -0.3 is 4.74 Å². The van der Waals surface area contributed by atoms with Gasteiger partial charge in [-0.2, -0.15) is 0 Å². The third kappa shape index (κ3) is 5.87. The molecule has 1 aliphatic rings. The van der Waals surface area contributed by atoms with Crippen LogP contribution in [0.2, 0.25) is 0 Å². The van der Waals surface area contributed by atoms with Gasteiger partial charge in [0.25, 0.3) is 0 Å². The van der Waals surface area contributed by atoms with Gasteiger partial charge >= 0.3 is 0 Å². The highest BCUT2D eigenvalue weighted by molar-refractivity contribution is 7.85. The molecule has 0 bridgehead atoms. The lowest BCUT2D eigenvalue weighted by Crippen LogP contribution is -2.48. The van der Waals surface area contributed by atoms with E-state index in [1.165, 1.54) is 0 Å². The third-order valence-corrected chi connectivity index (χ3v) is 5.17. The van der Waals surface area contributed by atoms with E-state index in [4.69, 9.17) is 4.74 Å². The molecule has 118 valence electrons. The van der Waals surface area contributed by atoms with Gasteiger partial charge in [-0.1, -0.05) is 18.2 Å². The van der Waals surface area contributed by atoms with E-state index in [1.54, 1.807) is 0 Å². The van der Waals surface area contributed by atoms with E-state index in [0.29, 0.717) is 0 Å². The van der Waals surface area contributed by atoms with Crippen LogP contribution in [0.1, 0.15) is 6.92 Å². The van der Waals surface area contributed by atoms with E-state index in [0.717, 1.165) is 63.1 Å². The molecule has 0 N–H and O–H groups in total. The average molecular weight is 310 g/mol. The predicted octanol–water partition coefficient (Wildman–Crippen LogP) is 1.45. The zero-order valence-electron chi connectivity index (χ0n) is 12.9. The van der Waals surface area contributed by atoms with Gasteiger partial charge in [-0.05, 0) is 19.1 Å². The fourth-order valence-corrected chi connectivity index (χ4v) is 3.60. The van der Waals surface area contributed by atoms with Gasteiger partial charge in [0.05, 0.1) is 17.4 Å². The second-order valence-electron chi connectivity index (χ2n) is 5.24. The second kappa shape index (κ2) is 9.30. The molecule has 1 atom stereocenters. The molecule has 0 spiro atoms. The van der Waals surface area contributed by atoms with Crippen molar-refractivity contribution in [2.45, 2.75) is 11.8 Å². The van der Waals surface area contributed by atoms with Gasteiger partial charge in [0, 0.05) is 56.5 Å². The molecule has 2 rings (SSSR count). The molecule has 0 radical (unpaired) electrons. The minimum atomic E-state index is -0.875. The van der Waals surface area contributed by atoms with Crippen LogP contribution in [-0.2, 0) is 15.5 Å². The molecular weight excluding hydrogens is 284 g/mol. The lowest BCUT2D eigenvalue weighted by Gasteiger charge is -2.34. The predicted molar refractivity (Wildman–Crippen MR) is 87.1 cm³/mol. The maximum Gasteiger partial charge on any atom is 0.0593 e. The standard InChI is InChI=1S/C16H26N2O2S/c1-2-20-14-12-17-8-10-18(11-9-17)13-15-21(19)16-6-4-3-5-7-16/h3-7H,2,8-15H2,1H3/t21-/m1/s1. The van der Waals surface area contributed by atoms with Crippen molar-refractivity contribution in [1.29, 1.82) is 0 Å². The summed E-state index contributed by atoms with van der Waals surface area (Å²) in [4.78, 5) is 5.80. The topological polar surface area (TPSA) is 32.8 Å². The molecule has 0 aliphatic carbocycles. The zero-order chi connectivity index (χ0) is 14.9.